The molecule has 17 heavy (non-hydrogen) atoms. The standard InChI is InChI=1S/C11H18N2O4/c1-4-5-8(2)13-11(16)12-7-9(17-3)6-10(14)15/h1,8-9H,5-7H2,2-3H3,(H,14,15)(H2,12,13,16). The van der Waals surface area contributed by atoms with Gasteiger partial charge in [0.25, 0.3) is 0 Å². The lowest BCUT2D eigenvalue weighted by Gasteiger charge is -2.16. The third kappa shape index (κ3) is 8.11. The fraction of sp³-hybridized carbons (Fsp3) is 0.636. The van der Waals surface area contributed by atoms with E-state index in [1.54, 1.807) is 6.92 Å². The van der Waals surface area contributed by atoms with Crippen LogP contribution in [-0.2, 0) is 9.53 Å². The van der Waals surface area contributed by atoms with Crippen LogP contribution in [0.3, 0.4) is 0 Å². The number of carboxylic acid groups (broad SMARTS) is 1. The second-order valence-corrected chi connectivity index (χ2v) is 3.62. The smallest absolute Gasteiger partial charge is 0.315 e. The number of hydrogen-bond acceptors (Lipinski definition) is 3. The largest absolute Gasteiger partial charge is 0.481 e. The topological polar surface area (TPSA) is 87.7 Å². The second-order valence-electron chi connectivity index (χ2n) is 3.62. The highest BCUT2D eigenvalue weighted by molar-refractivity contribution is 5.74. The van der Waals surface area contributed by atoms with Crippen LogP contribution in [0.5, 0.6) is 0 Å². The number of rotatable bonds is 7. The third-order valence-corrected chi connectivity index (χ3v) is 2.03. The molecule has 0 aliphatic rings. The van der Waals surface area contributed by atoms with Crippen LogP contribution in [0.4, 0.5) is 4.79 Å². The summed E-state index contributed by atoms with van der Waals surface area (Å²) < 4.78 is 4.91. The Morgan fingerprint density at radius 3 is 2.65 bits per heavy atom. The van der Waals surface area contributed by atoms with Gasteiger partial charge in [-0.3, -0.25) is 4.79 Å². The first-order valence-electron chi connectivity index (χ1n) is 5.22. The van der Waals surface area contributed by atoms with Crippen molar-refractivity contribution in [2.45, 2.75) is 31.9 Å². The number of aliphatic carboxylic acids is 1. The number of ether oxygens (including phenoxy) is 1. The Balaban J connectivity index is 3.89. The Bertz CT molecular complexity index is 298. The normalized spacial score (nSPS) is 13.2. The van der Waals surface area contributed by atoms with E-state index >= 15 is 0 Å². The highest BCUT2D eigenvalue weighted by Gasteiger charge is 2.14. The Kier molecular flexibility index (Phi) is 7.55. The Labute approximate surface area is 101 Å². The molecule has 0 rings (SSSR count). The van der Waals surface area contributed by atoms with Gasteiger partial charge in [-0.05, 0) is 6.92 Å². The minimum Gasteiger partial charge on any atom is -0.481 e. The van der Waals surface area contributed by atoms with E-state index in [1.165, 1.54) is 7.11 Å². The minimum absolute atomic E-state index is 0.125. The van der Waals surface area contributed by atoms with Gasteiger partial charge in [-0.1, -0.05) is 0 Å². The van der Waals surface area contributed by atoms with Crippen LogP contribution in [-0.4, -0.2) is 42.9 Å². The van der Waals surface area contributed by atoms with Crippen LogP contribution in [0.15, 0.2) is 0 Å². The molecule has 3 N–H and O–H groups in total. The maximum atomic E-state index is 11.3. The molecule has 0 aromatic carbocycles. The van der Waals surface area contributed by atoms with Gasteiger partial charge in [0.15, 0.2) is 0 Å². The molecule has 0 aromatic rings. The Morgan fingerprint density at radius 1 is 1.53 bits per heavy atom. The second kappa shape index (κ2) is 8.42. The maximum Gasteiger partial charge on any atom is 0.315 e. The van der Waals surface area contributed by atoms with Gasteiger partial charge in [-0.15, -0.1) is 12.3 Å². The summed E-state index contributed by atoms with van der Waals surface area (Å²) >= 11 is 0. The van der Waals surface area contributed by atoms with Gasteiger partial charge >= 0.3 is 12.0 Å². The fourth-order valence-electron chi connectivity index (χ4n) is 1.14. The Hall–Kier alpha value is -1.74. The molecular formula is C11H18N2O4. The fourth-order valence-corrected chi connectivity index (χ4v) is 1.14. The Morgan fingerprint density at radius 2 is 2.18 bits per heavy atom. The zero-order chi connectivity index (χ0) is 13.3. The molecule has 0 saturated heterocycles. The lowest BCUT2D eigenvalue weighted by atomic mass is 10.2. The first-order chi connectivity index (χ1) is 7.99. The molecule has 0 aliphatic heterocycles. The predicted octanol–water partition coefficient (Wildman–Crippen LogP) is 0.187. The molecule has 2 atom stereocenters. The van der Waals surface area contributed by atoms with Gasteiger partial charge in [0.2, 0.25) is 0 Å². The van der Waals surface area contributed by atoms with Gasteiger partial charge in [0, 0.05) is 26.1 Å². The number of terminal acetylenes is 1. The first-order valence-corrected chi connectivity index (χ1v) is 5.22. The summed E-state index contributed by atoms with van der Waals surface area (Å²) in [6.07, 6.45) is 4.84. The van der Waals surface area contributed by atoms with Crippen molar-refractivity contribution in [2.24, 2.45) is 0 Å². The number of amides is 2. The number of nitrogens with one attached hydrogen (secondary N) is 2. The van der Waals surface area contributed by atoms with Gasteiger partial charge in [-0.2, -0.15) is 0 Å². The number of hydrogen-bond donors (Lipinski definition) is 3. The van der Waals surface area contributed by atoms with Crippen LogP contribution in [0.25, 0.3) is 0 Å². The average molecular weight is 242 g/mol. The van der Waals surface area contributed by atoms with E-state index in [1.807, 2.05) is 0 Å². The summed E-state index contributed by atoms with van der Waals surface area (Å²) in [5.74, 6) is 1.46. The van der Waals surface area contributed by atoms with Crippen molar-refractivity contribution < 1.29 is 19.4 Å². The van der Waals surface area contributed by atoms with Gasteiger partial charge in [-0.25, -0.2) is 4.79 Å². The first kappa shape index (κ1) is 15.3. The molecule has 0 spiro atoms. The van der Waals surface area contributed by atoms with Gasteiger partial charge < -0.3 is 20.5 Å². The van der Waals surface area contributed by atoms with Crippen molar-refractivity contribution in [3.63, 3.8) is 0 Å². The summed E-state index contributed by atoms with van der Waals surface area (Å²) in [5, 5.41) is 13.7. The van der Waals surface area contributed by atoms with Crippen LogP contribution < -0.4 is 10.6 Å². The van der Waals surface area contributed by atoms with Crippen molar-refractivity contribution in [3.8, 4) is 12.3 Å². The van der Waals surface area contributed by atoms with Crippen molar-refractivity contribution in [1.29, 1.82) is 0 Å². The summed E-state index contributed by atoms with van der Waals surface area (Å²) in [6, 6.07) is -0.513. The number of carboxylic acids is 1. The van der Waals surface area contributed by atoms with Crippen molar-refractivity contribution in [3.05, 3.63) is 0 Å². The van der Waals surface area contributed by atoms with Crippen LogP contribution in [0.1, 0.15) is 19.8 Å². The molecule has 2 unspecified atom stereocenters. The molecule has 0 aliphatic carbocycles. The minimum atomic E-state index is -0.972. The molecule has 2 amide bonds. The third-order valence-electron chi connectivity index (χ3n) is 2.03. The molecule has 96 valence electrons. The van der Waals surface area contributed by atoms with Crippen LogP contribution >= 0.6 is 0 Å². The van der Waals surface area contributed by atoms with E-state index in [9.17, 15) is 9.59 Å². The molecule has 0 fully saturated rings. The molecule has 6 heteroatoms. The van der Waals surface area contributed by atoms with Crippen molar-refractivity contribution >= 4 is 12.0 Å². The van der Waals surface area contributed by atoms with Crippen LogP contribution in [0, 0.1) is 12.3 Å². The summed E-state index contributed by atoms with van der Waals surface area (Å²) in [5.41, 5.74) is 0. The van der Waals surface area contributed by atoms with E-state index in [0.29, 0.717) is 6.42 Å². The summed E-state index contributed by atoms with van der Waals surface area (Å²) in [4.78, 5) is 21.8. The van der Waals surface area contributed by atoms with E-state index in [-0.39, 0.29) is 25.0 Å². The van der Waals surface area contributed by atoms with Crippen LogP contribution in [0.2, 0.25) is 0 Å². The molecule has 0 radical (unpaired) electrons. The van der Waals surface area contributed by atoms with E-state index in [2.05, 4.69) is 16.6 Å². The maximum absolute atomic E-state index is 11.3. The zero-order valence-electron chi connectivity index (χ0n) is 10.0. The molecular weight excluding hydrogens is 224 g/mol. The molecule has 0 aromatic heterocycles. The lowest BCUT2D eigenvalue weighted by molar-refractivity contribution is -0.139. The number of carbonyl (C=O) groups is 2. The molecule has 0 saturated carbocycles. The highest BCUT2D eigenvalue weighted by atomic mass is 16.5. The van der Waals surface area contributed by atoms with Crippen molar-refractivity contribution in [2.75, 3.05) is 13.7 Å². The molecule has 0 heterocycles. The number of carbonyl (C=O) groups excluding carboxylic acids is 1. The highest BCUT2D eigenvalue weighted by Crippen LogP contribution is 1.95. The van der Waals surface area contributed by atoms with E-state index in [4.69, 9.17) is 16.3 Å². The number of methoxy groups -OCH3 is 1. The number of urea groups is 1. The summed E-state index contributed by atoms with van der Waals surface area (Å²) in [7, 11) is 1.40. The van der Waals surface area contributed by atoms with E-state index < -0.39 is 12.1 Å². The quantitative estimate of drug-likeness (QED) is 0.556. The van der Waals surface area contributed by atoms with E-state index in [0.717, 1.165) is 0 Å². The average Bonchev–Trinajstić information content (AvgIpc) is 2.23. The zero-order valence-corrected chi connectivity index (χ0v) is 10.0. The van der Waals surface area contributed by atoms with Crippen molar-refractivity contribution in [1.82, 2.24) is 10.6 Å². The monoisotopic (exact) mass is 242 g/mol. The summed E-state index contributed by atoms with van der Waals surface area (Å²) in [6.45, 7) is 1.92. The molecule has 0 bridgehead atoms. The SMILES string of the molecule is C#CCC(C)NC(=O)NCC(CC(=O)O)OC. The predicted molar refractivity (Wildman–Crippen MR) is 62.5 cm³/mol. The lowest BCUT2D eigenvalue weighted by Crippen LogP contribution is -2.44. The molecule has 6 nitrogen and oxygen atoms in total. The van der Waals surface area contributed by atoms with Gasteiger partial charge in [0.1, 0.15) is 0 Å². The van der Waals surface area contributed by atoms with Gasteiger partial charge in [0.05, 0.1) is 12.5 Å².